The van der Waals surface area contributed by atoms with E-state index in [-0.39, 0.29) is 11.7 Å². The molecule has 1 amide bonds. The van der Waals surface area contributed by atoms with Gasteiger partial charge in [-0.1, -0.05) is 0 Å². The Morgan fingerprint density at radius 1 is 1.24 bits per heavy atom. The fourth-order valence-corrected chi connectivity index (χ4v) is 2.24. The summed E-state index contributed by atoms with van der Waals surface area (Å²) in [6, 6.07) is 0. The van der Waals surface area contributed by atoms with Crippen molar-refractivity contribution >= 4 is 23.6 Å². The number of thioether (sulfide) groups is 1. The second kappa shape index (κ2) is 5.73. The number of nitrogens with zero attached hydrogens (tertiary/aromatic N) is 2. The van der Waals surface area contributed by atoms with Gasteiger partial charge < -0.3 is 14.9 Å². The summed E-state index contributed by atoms with van der Waals surface area (Å²) < 4.78 is -0.901. The molecule has 1 aliphatic heterocycles. The van der Waals surface area contributed by atoms with Gasteiger partial charge in [0.2, 0.25) is 5.91 Å². The van der Waals surface area contributed by atoms with Gasteiger partial charge in [0.05, 0.1) is 5.75 Å². The molecule has 1 saturated heterocycles. The maximum atomic E-state index is 11.9. The second-order valence-electron chi connectivity index (χ2n) is 4.79. The molecule has 1 N–H and O–H groups in total. The van der Waals surface area contributed by atoms with Gasteiger partial charge in [0.25, 0.3) is 0 Å². The van der Waals surface area contributed by atoms with Crippen LogP contribution in [-0.2, 0) is 9.59 Å². The number of amides is 1. The Hall–Kier alpha value is -0.750. The molecule has 0 aromatic heterocycles. The summed E-state index contributed by atoms with van der Waals surface area (Å²) in [7, 11) is 2.03. The lowest BCUT2D eigenvalue weighted by Crippen LogP contribution is -2.48. The predicted molar refractivity (Wildman–Crippen MR) is 68.2 cm³/mol. The molecular weight excluding hydrogens is 240 g/mol. The van der Waals surface area contributed by atoms with Crippen LogP contribution >= 0.6 is 11.8 Å². The van der Waals surface area contributed by atoms with Crippen molar-refractivity contribution in [2.75, 3.05) is 39.0 Å². The Kier molecular flexibility index (Phi) is 4.82. The van der Waals surface area contributed by atoms with Crippen LogP contribution in [0.4, 0.5) is 0 Å². The average Bonchev–Trinajstić information content (AvgIpc) is 2.27. The Bertz CT molecular complexity index is 299. The Balaban J connectivity index is 2.37. The fourth-order valence-electron chi connectivity index (χ4n) is 1.45. The zero-order chi connectivity index (χ0) is 13.1. The third-order valence-corrected chi connectivity index (χ3v) is 4.22. The zero-order valence-electron chi connectivity index (χ0n) is 10.6. The van der Waals surface area contributed by atoms with E-state index in [9.17, 15) is 9.59 Å². The minimum absolute atomic E-state index is 0.0393. The fraction of sp³-hybridized carbons (Fsp3) is 0.818. The highest BCUT2D eigenvalue weighted by Crippen LogP contribution is 2.24. The second-order valence-corrected chi connectivity index (χ2v) is 6.39. The van der Waals surface area contributed by atoms with Crippen molar-refractivity contribution in [3.8, 4) is 0 Å². The third kappa shape index (κ3) is 4.20. The standard InChI is InChI=1S/C11H20N2O3S/c1-11(2,10(15)16)17-8-9(14)13-6-4-12(3)5-7-13/h4-8H2,1-3H3,(H,15,16). The number of hydrogen-bond donors (Lipinski definition) is 1. The maximum absolute atomic E-state index is 11.9. The van der Waals surface area contributed by atoms with Gasteiger partial charge in [-0.05, 0) is 20.9 Å². The first-order valence-electron chi connectivity index (χ1n) is 5.66. The van der Waals surface area contributed by atoms with E-state index in [1.54, 1.807) is 13.8 Å². The first-order chi connectivity index (χ1) is 7.83. The molecule has 1 rings (SSSR count). The zero-order valence-corrected chi connectivity index (χ0v) is 11.4. The number of aliphatic carboxylic acids is 1. The first kappa shape index (κ1) is 14.3. The monoisotopic (exact) mass is 260 g/mol. The van der Waals surface area contributed by atoms with Crippen molar-refractivity contribution in [3.63, 3.8) is 0 Å². The van der Waals surface area contributed by atoms with Crippen LogP contribution in [0.5, 0.6) is 0 Å². The number of rotatable bonds is 4. The van der Waals surface area contributed by atoms with E-state index in [0.717, 1.165) is 26.2 Å². The Labute approximate surface area is 106 Å². The van der Waals surface area contributed by atoms with E-state index in [0.29, 0.717) is 0 Å². The minimum Gasteiger partial charge on any atom is -0.480 e. The van der Waals surface area contributed by atoms with Crippen LogP contribution in [0.15, 0.2) is 0 Å². The topological polar surface area (TPSA) is 60.9 Å². The van der Waals surface area contributed by atoms with E-state index in [1.807, 2.05) is 11.9 Å². The molecule has 1 fully saturated rings. The van der Waals surface area contributed by atoms with Crippen molar-refractivity contribution < 1.29 is 14.7 Å². The van der Waals surface area contributed by atoms with Crippen LogP contribution in [0.1, 0.15) is 13.8 Å². The molecular formula is C11H20N2O3S. The highest BCUT2D eigenvalue weighted by molar-refractivity contribution is 8.01. The lowest BCUT2D eigenvalue weighted by molar-refractivity contribution is -0.138. The van der Waals surface area contributed by atoms with Gasteiger partial charge in [0.15, 0.2) is 0 Å². The molecule has 6 heteroatoms. The van der Waals surface area contributed by atoms with Gasteiger partial charge in [-0.2, -0.15) is 0 Å². The summed E-state index contributed by atoms with van der Waals surface area (Å²) in [5.41, 5.74) is 0. The molecule has 1 aliphatic rings. The smallest absolute Gasteiger partial charge is 0.319 e. The van der Waals surface area contributed by atoms with Crippen LogP contribution in [0.25, 0.3) is 0 Å². The van der Waals surface area contributed by atoms with Gasteiger partial charge in [-0.15, -0.1) is 11.8 Å². The van der Waals surface area contributed by atoms with Crippen molar-refractivity contribution in [2.24, 2.45) is 0 Å². The lowest BCUT2D eigenvalue weighted by Gasteiger charge is -2.32. The Morgan fingerprint density at radius 2 is 1.76 bits per heavy atom. The molecule has 17 heavy (non-hydrogen) atoms. The van der Waals surface area contributed by atoms with Crippen molar-refractivity contribution in [1.82, 2.24) is 9.80 Å². The summed E-state index contributed by atoms with van der Waals surface area (Å²) in [5, 5.41) is 8.95. The van der Waals surface area contributed by atoms with Crippen LogP contribution < -0.4 is 0 Å². The van der Waals surface area contributed by atoms with Gasteiger partial charge in [-0.3, -0.25) is 9.59 Å². The number of carboxylic acids is 1. The quantitative estimate of drug-likeness (QED) is 0.790. The van der Waals surface area contributed by atoms with E-state index >= 15 is 0 Å². The Morgan fingerprint density at radius 3 is 2.24 bits per heavy atom. The predicted octanol–water partition coefficient (Wildman–Crippen LogP) is 0.357. The number of carbonyl (C=O) groups is 2. The van der Waals surface area contributed by atoms with Crippen LogP contribution in [0, 0.1) is 0 Å². The minimum atomic E-state index is -0.901. The number of carbonyl (C=O) groups excluding carboxylic acids is 1. The summed E-state index contributed by atoms with van der Waals surface area (Å²) in [6.45, 7) is 6.50. The molecule has 0 radical (unpaired) electrons. The number of carboxylic acid groups (broad SMARTS) is 1. The molecule has 0 spiro atoms. The van der Waals surface area contributed by atoms with E-state index in [2.05, 4.69) is 4.90 Å². The van der Waals surface area contributed by atoms with Crippen LogP contribution in [0.3, 0.4) is 0 Å². The summed E-state index contributed by atoms with van der Waals surface area (Å²) >= 11 is 1.19. The SMILES string of the molecule is CN1CCN(C(=O)CSC(C)(C)C(=O)O)CC1. The molecule has 98 valence electrons. The molecule has 0 aromatic carbocycles. The highest BCUT2D eigenvalue weighted by Gasteiger charge is 2.29. The normalized spacial score (nSPS) is 18.2. The van der Waals surface area contributed by atoms with Crippen LogP contribution in [-0.4, -0.2) is 70.5 Å². The van der Waals surface area contributed by atoms with Crippen LogP contribution in [0.2, 0.25) is 0 Å². The molecule has 1 heterocycles. The maximum Gasteiger partial charge on any atom is 0.319 e. The van der Waals surface area contributed by atoms with Crippen molar-refractivity contribution in [3.05, 3.63) is 0 Å². The summed E-state index contributed by atoms with van der Waals surface area (Å²) in [4.78, 5) is 26.8. The molecule has 0 atom stereocenters. The first-order valence-corrected chi connectivity index (χ1v) is 6.65. The largest absolute Gasteiger partial charge is 0.480 e. The number of piperazine rings is 1. The van der Waals surface area contributed by atoms with Gasteiger partial charge in [-0.25, -0.2) is 0 Å². The average molecular weight is 260 g/mol. The highest BCUT2D eigenvalue weighted by atomic mass is 32.2. The number of likely N-dealkylation sites (N-methyl/N-ethyl adjacent to an activating group) is 1. The van der Waals surface area contributed by atoms with Crippen molar-refractivity contribution in [1.29, 1.82) is 0 Å². The van der Waals surface area contributed by atoms with E-state index in [1.165, 1.54) is 11.8 Å². The molecule has 0 aromatic rings. The van der Waals surface area contributed by atoms with Crippen molar-refractivity contribution in [2.45, 2.75) is 18.6 Å². The molecule has 0 aliphatic carbocycles. The van der Waals surface area contributed by atoms with Gasteiger partial charge in [0.1, 0.15) is 4.75 Å². The van der Waals surface area contributed by atoms with Gasteiger partial charge >= 0.3 is 5.97 Å². The molecule has 0 saturated carbocycles. The molecule has 0 bridgehead atoms. The number of hydrogen-bond acceptors (Lipinski definition) is 4. The summed E-state index contributed by atoms with van der Waals surface area (Å²) in [5.74, 6) is -0.602. The molecule has 5 nitrogen and oxygen atoms in total. The lowest BCUT2D eigenvalue weighted by atomic mass is 10.2. The molecule has 0 unspecified atom stereocenters. The van der Waals surface area contributed by atoms with E-state index in [4.69, 9.17) is 5.11 Å². The van der Waals surface area contributed by atoms with Gasteiger partial charge in [0, 0.05) is 26.2 Å². The summed E-state index contributed by atoms with van der Waals surface area (Å²) in [6.07, 6.45) is 0. The third-order valence-electron chi connectivity index (χ3n) is 2.93. The van der Waals surface area contributed by atoms with E-state index < -0.39 is 10.7 Å².